The molecule has 5 aromatic rings. The van der Waals surface area contributed by atoms with Crippen LogP contribution in [0.15, 0.2) is 72.8 Å². The molecular formula is C54H60O10. The molecule has 10 nitrogen and oxygen atoms in total. The van der Waals surface area contributed by atoms with Crippen molar-refractivity contribution in [3.8, 4) is 28.7 Å². The van der Waals surface area contributed by atoms with Gasteiger partial charge in [0, 0.05) is 25.7 Å². The summed E-state index contributed by atoms with van der Waals surface area (Å²) in [5.41, 5.74) is 14.8. The molecule has 0 aromatic heterocycles. The van der Waals surface area contributed by atoms with E-state index in [1.807, 2.05) is 0 Å². The van der Waals surface area contributed by atoms with Gasteiger partial charge in [0.1, 0.15) is 92.3 Å². The second-order valence-corrected chi connectivity index (χ2v) is 18.5. The molecule has 5 saturated heterocycles. The average molecular weight is 869 g/mol. The molecule has 0 amide bonds. The van der Waals surface area contributed by atoms with Crippen molar-refractivity contribution >= 4 is 0 Å². The highest BCUT2D eigenvalue weighted by atomic mass is 16.6. The Morgan fingerprint density at radius 1 is 0.328 bits per heavy atom. The summed E-state index contributed by atoms with van der Waals surface area (Å²) in [6.07, 6.45) is 3.19. The lowest BCUT2D eigenvalue weighted by atomic mass is 9.90. The molecule has 5 aliphatic heterocycles. The van der Waals surface area contributed by atoms with Crippen molar-refractivity contribution in [1.82, 2.24) is 0 Å². The number of ether oxygens (including phenoxy) is 10. The Hall–Kier alpha value is -5.10. The molecule has 0 radical (unpaired) electrons. The van der Waals surface area contributed by atoms with Gasteiger partial charge in [-0.1, -0.05) is 88.5 Å². The van der Waals surface area contributed by atoms with Crippen molar-refractivity contribution in [2.45, 2.75) is 90.8 Å². The summed E-state index contributed by atoms with van der Waals surface area (Å²) < 4.78 is 60.9. The molecule has 5 heterocycles. The summed E-state index contributed by atoms with van der Waals surface area (Å²) in [6, 6.07) is 26.4. The predicted molar refractivity (Wildman–Crippen MR) is 243 cm³/mol. The first kappa shape index (κ1) is 42.8. The molecule has 5 atom stereocenters. The maximum Gasteiger partial charge on any atom is 0.126 e. The summed E-state index contributed by atoms with van der Waals surface area (Å²) in [6.45, 7) is 17.0. The van der Waals surface area contributed by atoms with E-state index in [1.165, 1.54) is 22.3 Å². The first-order valence-corrected chi connectivity index (χ1v) is 22.9. The third-order valence-electron chi connectivity index (χ3n) is 12.2. The minimum absolute atomic E-state index is 0.0856. The second kappa shape index (κ2) is 18.8. The zero-order valence-corrected chi connectivity index (χ0v) is 37.8. The molecule has 5 aromatic carbocycles. The third-order valence-corrected chi connectivity index (χ3v) is 12.2. The van der Waals surface area contributed by atoms with Crippen LogP contribution >= 0.6 is 0 Å². The van der Waals surface area contributed by atoms with Gasteiger partial charge in [0.2, 0.25) is 0 Å². The molecule has 0 spiro atoms. The molecule has 5 unspecified atom stereocenters. The molecule has 0 saturated carbocycles. The molecule has 10 rings (SSSR count). The quantitative estimate of drug-likeness (QED) is 0.0594. The number of hydrogen-bond acceptors (Lipinski definition) is 10. The van der Waals surface area contributed by atoms with Crippen LogP contribution in [0.3, 0.4) is 0 Å². The van der Waals surface area contributed by atoms with Gasteiger partial charge in [0.25, 0.3) is 0 Å². The standard InChI is InChI=1S/C54H60O10/c1-32-6-8-50(60-27-45-22-55-45)37(10-32)18-39-12-34(3)14-41(52(39)62-29-47-24-57-47)20-43-16-36(5)17-44(54(43)64-31-49-26-59-49)21-42-15-35(4)13-40(53(42)63-30-48-25-58-48)19-38-11-33(2)7-9-51(38)61-28-46-23-56-46/h6-17,45-49H,18-31H2,1-5H3. The number of benzene rings is 5. The largest absolute Gasteiger partial charge is 0.490 e. The molecule has 5 fully saturated rings. The first-order chi connectivity index (χ1) is 31.1. The maximum atomic E-state index is 6.86. The first-order valence-electron chi connectivity index (χ1n) is 22.9. The number of rotatable bonds is 23. The topological polar surface area (TPSA) is 109 Å². The Morgan fingerprint density at radius 2 is 0.562 bits per heavy atom. The van der Waals surface area contributed by atoms with E-state index in [0.717, 1.165) is 92.0 Å². The fourth-order valence-corrected chi connectivity index (χ4v) is 8.64. The van der Waals surface area contributed by atoms with Crippen LogP contribution in [0.4, 0.5) is 0 Å². The van der Waals surface area contributed by atoms with Crippen LogP contribution in [0.2, 0.25) is 0 Å². The maximum absolute atomic E-state index is 6.86. The Labute approximate surface area is 377 Å². The minimum atomic E-state index is 0.0856. The summed E-state index contributed by atoms with van der Waals surface area (Å²) >= 11 is 0. The van der Waals surface area contributed by atoms with Gasteiger partial charge in [-0.3, -0.25) is 0 Å². The van der Waals surface area contributed by atoms with E-state index < -0.39 is 0 Å². The molecule has 64 heavy (non-hydrogen) atoms. The zero-order valence-electron chi connectivity index (χ0n) is 37.8. The molecular weight excluding hydrogens is 809 g/mol. The van der Waals surface area contributed by atoms with E-state index in [4.69, 9.17) is 47.4 Å². The van der Waals surface area contributed by atoms with E-state index in [0.29, 0.717) is 78.5 Å². The van der Waals surface area contributed by atoms with Crippen molar-refractivity contribution in [2.75, 3.05) is 66.1 Å². The monoisotopic (exact) mass is 868 g/mol. The van der Waals surface area contributed by atoms with Crippen LogP contribution in [0.5, 0.6) is 28.7 Å². The smallest absolute Gasteiger partial charge is 0.126 e. The number of epoxide rings is 5. The van der Waals surface area contributed by atoms with Gasteiger partial charge in [0.15, 0.2) is 0 Å². The molecule has 0 N–H and O–H groups in total. The molecule has 10 heteroatoms. The highest BCUT2D eigenvalue weighted by Gasteiger charge is 2.30. The fourth-order valence-electron chi connectivity index (χ4n) is 8.64. The lowest BCUT2D eigenvalue weighted by Gasteiger charge is -2.22. The highest BCUT2D eigenvalue weighted by molar-refractivity contribution is 5.57. The van der Waals surface area contributed by atoms with Gasteiger partial charge in [0.05, 0.1) is 33.0 Å². The van der Waals surface area contributed by atoms with Gasteiger partial charge in [-0.15, -0.1) is 0 Å². The predicted octanol–water partition coefficient (Wildman–Crippen LogP) is 8.48. The van der Waals surface area contributed by atoms with E-state index in [-0.39, 0.29) is 30.5 Å². The van der Waals surface area contributed by atoms with E-state index in [2.05, 4.69) is 107 Å². The average Bonchev–Trinajstić information content (AvgIpc) is 4.04. The van der Waals surface area contributed by atoms with E-state index in [9.17, 15) is 0 Å². The molecule has 336 valence electrons. The van der Waals surface area contributed by atoms with Crippen molar-refractivity contribution < 1.29 is 47.4 Å². The highest BCUT2D eigenvalue weighted by Crippen LogP contribution is 2.40. The summed E-state index contributed by atoms with van der Waals surface area (Å²) in [5.74, 6) is 4.43. The zero-order chi connectivity index (χ0) is 43.7. The van der Waals surface area contributed by atoms with Crippen molar-refractivity contribution in [3.63, 3.8) is 0 Å². The van der Waals surface area contributed by atoms with Gasteiger partial charge >= 0.3 is 0 Å². The summed E-state index contributed by atoms with van der Waals surface area (Å²) in [5, 5.41) is 0. The summed E-state index contributed by atoms with van der Waals surface area (Å²) in [4.78, 5) is 0. The Kier molecular flexibility index (Phi) is 12.6. The van der Waals surface area contributed by atoms with Gasteiger partial charge in [-0.2, -0.15) is 0 Å². The third kappa shape index (κ3) is 11.4. The Morgan fingerprint density at radius 3 is 0.828 bits per heavy atom. The lowest BCUT2D eigenvalue weighted by molar-refractivity contribution is 0.256. The van der Waals surface area contributed by atoms with Crippen LogP contribution < -0.4 is 23.7 Å². The summed E-state index contributed by atoms with van der Waals surface area (Å²) in [7, 11) is 0. The lowest BCUT2D eigenvalue weighted by Crippen LogP contribution is -2.13. The fraction of sp³-hybridized carbons (Fsp3) is 0.444. The Bertz CT molecular complexity index is 2320. The van der Waals surface area contributed by atoms with Gasteiger partial charge in [-0.25, -0.2) is 0 Å². The normalized spacial score (nSPS) is 21.3. The van der Waals surface area contributed by atoms with Crippen molar-refractivity contribution in [2.24, 2.45) is 0 Å². The van der Waals surface area contributed by atoms with Crippen LogP contribution in [0, 0.1) is 34.6 Å². The molecule has 5 aliphatic rings. The van der Waals surface area contributed by atoms with Crippen LogP contribution in [-0.2, 0) is 49.4 Å². The minimum Gasteiger partial charge on any atom is -0.490 e. The van der Waals surface area contributed by atoms with Gasteiger partial charge in [-0.05, 0) is 91.3 Å². The second-order valence-electron chi connectivity index (χ2n) is 18.5. The van der Waals surface area contributed by atoms with E-state index in [1.54, 1.807) is 0 Å². The molecule has 0 bridgehead atoms. The van der Waals surface area contributed by atoms with Gasteiger partial charge < -0.3 is 47.4 Å². The molecule has 0 aliphatic carbocycles. The van der Waals surface area contributed by atoms with Crippen LogP contribution in [-0.4, -0.2) is 96.6 Å². The Balaban J connectivity index is 1.01. The SMILES string of the molecule is Cc1ccc(OCC2CO2)c(Cc2cc(C)cc(Cc3cc(C)cc(Cc4cc(C)cc(Cc5cc(C)ccc5OCC5CO5)c4OCC4CO4)c3OCC3CO3)c2OCC2CO2)c1. The van der Waals surface area contributed by atoms with Crippen molar-refractivity contribution in [1.29, 1.82) is 0 Å². The van der Waals surface area contributed by atoms with E-state index >= 15 is 0 Å². The number of hydrogen-bond donors (Lipinski definition) is 0. The number of aryl methyl sites for hydroxylation is 5. The van der Waals surface area contributed by atoms with Crippen LogP contribution in [0.25, 0.3) is 0 Å². The van der Waals surface area contributed by atoms with Crippen molar-refractivity contribution in [3.05, 3.63) is 145 Å². The van der Waals surface area contributed by atoms with Crippen LogP contribution in [0.1, 0.15) is 72.3 Å².